The third-order valence-corrected chi connectivity index (χ3v) is 3.09. The molecule has 1 aromatic carbocycles. The molecule has 0 amide bonds. The van der Waals surface area contributed by atoms with Gasteiger partial charge in [0.15, 0.2) is 0 Å². The molecule has 1 unspecified atom stereocenters. The Hall–Kier alpha value is -1.26. The van der Waals surface area contributed by atoms with E-state index in [4.69, 9.17) is 6.42 Å². The molecule has 0 aliphatic carbocycles. The summed E-state index contributed by atoms with van der Waals surface area (Å²) in [4.78, 5) is 2.40. The minimum absolute atomic E-state index is 0.163. The molecular formula is C14H17N. The molecule has 0 bridgehead atoms. The highest BCUT2D eigenvalue weighted by Gasteiger charge is 2.25. The predicted molar refractivity (Wildman–Crippen MR) is 63.4 cm³/mol. The summed E-state index contributed by atoms with van der Waals surface area (Å²) < 4.78 is 0. The van der Waals surface area contributed by atoms with Gasteiger partial charge in [-0.2, -0.15) is 0 Å². The van der Waals surface area contributed by atoms with Crippen LogP contribution < -0.4 is 0 Å². The van der Waals surface area contributed by atoms with Gasteiger partial charge in [0, 0.05) is 6.54 Å². The zero-order valence-corrected chi connectivity index (χ0v) is 9.19. The number of hydrogen-bond acceptors (Lipinski definition) is 1. The Morgan fingerprint density at radius 1 is 1.40 bits per heavy atom. The zero-order valence-electron chi connectivity index (χ0n) is 9.19. The SMILES string of the molecule is C#C[C@H](c1ccccc1)N1CCC(C)C1. The Labute approximate surface area is 92.1 Å². The van der Waals surface area contributed by atoms with Crippen molar-refractivity contribution < 1.29 is 0 Å². The lowest BCUT2D eigenvalue weighted by atomic mass is 10.1. The fourth-order valence-corrected chi connectivity index (χ4v) is 2.25. The van der Waals surface area contributed by atoms with Gasteiger partial charge in [0.25, 0.3) is 0 Å². The Morgan fingerprint density at radius 3 is 2.67 bits per heavy atom. The summed E-state index contributed by atoms with van der Waals surface area (Å²) in [6.45, 7) is 4.55. The fourth-order valence-electron chi connectivity index (χ4n) is 2.25. The highest BCUT2D eigenvalue weighted by molar-refractivity contribution is 5.26. The molecule has 1 aromatic rings. The van der Waals surface area contributed by atoms with Crippen LogP contribution in [0.1, 0.15) is 24.9 Å². The third kappa shape index (κ3) is 2.22. The van der Waals surface area contributed by atoms with Gasteiger partial charge in [0.2, 0.25) is 0 Å². The molecule has 1 aliphatic rings. The van der Waals surface area contributed by atoms with E-state index in [0.717, 1.165) is 19.0 Å². The van der Waals surface area contributed by atoms with Gasteiger partial charge in [-0.15, -0.1) is 6.42 Å². The van der Waals surface area contributed by atoms with Crippen molar-refractivity contribution in [3.63, 3.8) is 0 Å². The first-order valence-corrected chi connectivity index (χ1v) is 5.56. The van der Waals surface area contributed by atoms with Gasteiger partial charge in [-0.05, 0) is 24.4 Å². The molecule has 0 saturated carbocycles. The first-order valence-electron chi connectivity index (χ1n) is 5.56. The first kappa shape index (κ1) is 10.3. The van der Waals surface area contributed by atoms with Crippen molar-refractivity contribution in [3.8, 4) is 12.3 Å². The molecule has 0 radical (unpaired) electrons. The average molecular weight is 199 g/mol. The summed E-state index contributed by atoms with van der Waals surface area (Å²) in [6, 6.07) is 10.5. The maximum Gasteiger partial charge on any atom is 0.0968 e. The van der Waals surface area contributed by atoms with Crippen molar-refractivity contribution in [2.75, 3.05) is 13.1 Å². The van der Waals surface area contributed by atoms with Crippen LogP contribution in [0.2, 0.25) is 0 Å². The second-order valence-corrected chi connectivity index (χ2v) is 4.37. The van der Waals surface area contributed by atoms with Crippen LogP contribution in [0.25, 0.3) is 0 Å². The fraction of sp³-hybridized carbons (Fsp3) is 0.429. The molecule has 0 aromatic heterocycles. The molecule has 15 heavy (non-hydrogen) atoms. The number of benzene rings is 1. The van der Waals surface area contributed by atoms with E-state index in [-0.39, 0.29) is 6.04 Å². The lowest BCUT2D eigenvalue weighted by Gasteiger charge is -2.23. The van der Waals surface area contributed by atoms with E-state index in [1.165, 1.54) is 12.0 Å². The third-order valence-electron chi connectivity index (χ3n) is 3.09. The van der Waals surface area contributed by atoms with Crippen LogP contribution in [0.3, 0.4) is 0 Å². The van der Waals surface area contributed by atoms with Gasteiger partial charge < -0.3 is 0 Å². The lowest BCUT2D eigenvalue weighted by molar-refractivity contribution is 0.287. The number of terminal acetylenes is 1. The summed E-state index contributed by atoms with van der Waals surface area (Å²) in [7, 11) is 0. The van der Waals surface area contributed by atoms with E-state index >= 15 is 0 Å². The van der Waals surface area contributed by atoms with Crippen LogP contribution in [0.15, 0.2) is 30.3 Å². The summed E-state index contributed by atoms with van der Waals surface area (Å²) in [6.07, 6.45) is 6.91. The van der Waals surface area contributed by atoms with Crippen LogP contribution in [0.4, 0.5) is 0 Å². The molecule has 0 N–H and O–H groups in total. The lowest BCUT2D eigenvalue weighted by Crippen LogP contribution is -2.25. The Bertz CT molecular complexity index is 349. The molecular weight excluding hydrogens is 182 g/mol. The van der Waals surface area contributed by atoms with E-state index in [2.05, 4.69) is 42.0 Å². The van der Waals surface area contributed by atoms with Crippen LogP contribution in [-0.2, 0) is 0 Å². The van der Waals surface area contributed by atoms with Gasteiger partial charge in [0.1, 0.15) is 0 Å². The van der Waals surface area contributed by atoms with Crippen molar-refractivity contribution in [1.29, 1.82) is 0 Å². The molecule has 1 aliphatic heterocycles. The quantitative estimate of drug-likeness (QED) is 0.662. The molecule has 1 fully saturated rings. The Morgan fingerprint density at radius 2 is 2.13 bits per heavy atom. The highest BCUT2D eigenvalue weighted by Crippen LogP contribution is 2.26. The minimum atomic E-state index is 0.163. The molecule has 2 rings (SSSR count). The van der Waals surface area contributed by atoms with Gasteiger partial charge >= 0.3 is 0 Å². The van der Waals surface area contributed by atoms with Gasteiger partial charge in [-0.25, -0.2) is 0 Å². The van der Waals surface area contributed by atoms with Crippen molar-refractivity contribution >= 4 is 0 Å². The second kappa shape index (κ2) is 4.51. The van der Waals surface area contributed by atoms with E-state index in [0.29, 0.717) is 0 Å². The van der Waals surface area contributed by atoms with Crippen molar-refractivity contribution in [3.05, 3.63) is 35.9 Å². The predicted octanol–water partition coefficient (Wildman–Crippen LogP) is 2.70. The Balaban J connectivity index is 2.15. The number of hydrogen-bond donors (Lipinski definition) is 0. The van der Waals surface area contributed by atoms with Crippen LogP contribution in [-0.4, -0.2) is 18.0 Å². The second-order valence-electron chi connectivity index (χ2n) is 4.37. The van der Waals surface area contributed by atoms with Gasteiger partial charge in [-0.3, -0.25) is 4.90 Å². The monoisotopic (exact) mass is 199 g/mol. The Kier molecular flexibility index (Phi) is 3.08. The smallest absolute Gasteiger partial charge is 0.0968 e. The highest BCUT2D eigenvalue weighted by atomic mass is 15.2. The van der Waals surface area contributed by atoms with Gasteiger partial charge in [0.05, 0.1) is 6.04 Å². The summed E-state index contributed by atoms with van der Waals surface area (Å²) in [5, 5.41) is 0. The topological polar surface area (TPSA) is 3.24 Å². The molecule has 78 valence electrons. The maximum absolute atomic E-state index is 5.64. The number of likely N-dealkylation sites (tertiary alicyclic amines) is 1. The van der Waals surface area contributed by atoms with Crippen molar-refractivity contribution in [1.82, 2.24) is 4.90 Å². The maximum atomic E-state index is 5.64. The largest absolute Gasteiger partial charge is 0.286 e. The molecule has 0 spiro atoms. The number of nitrogens with zero attached hydrogens (tertiary/aromatic N) is 1. The molecule has 1 heterocycles. The van der Waals surface area contributed by atoms with E-state index in [1.54, 1.807) is 0 Å². The average Bonchev–Trinajstić information content (AvgIpc) is 2.68. The van der Waals surface area contributed by atoms with E-state index < -0.39 is 0 Å². The summed E-state index contributed by atoms with van der Waals surface area (Å²) >= 11 is 0. The zero-order chi connectivity index (χ0) is 10.7. The van der Waals surface area contributed by atoms with Crippen LogP contribution in [0.5, 0.6) is 0 Å². The minimum Gasteiger partial charge on any atom is -0.286 e. The molecule has 1 saturated heterocycles. The molecule has 2 atom stereocenters. The van der Waals surface area contributed by atoms with E-state index in [9.17, 15) is 0 Å². The summed E-state index contributed by atoms with van der Waals surface area (Å²) in [5.41, 5.74) is 1.24. The van der Waals surface area contributed by atoms with Crippen molar-refractivity contribution in [2.24, 2.45) is 5.92 Å². The molecule has 1 heteroatoms. The summed E-state index contributed by atoms with van der Waals surface area (Å²) in [5.74, 6) is 3.69. The van der Waals surface area contributed by atoms with E-state index in [1.807, 2.05) is 6.07 Å². The first-order chi connectivity index (χ1) is 7.31. The van der Waals surface area contributed by atoms with Crippen LogP contribution in [0, 0.1) is 18.3 Å². The van der Waals surface area contributed by atoms with Gasteiger partial charge in [-0.1, -0.05) is 43.2 Å². The van der Waals surface area contributed by atoms with Crippen LogP contribution >= 0.6 is 0 Å². The normalized spacial score (nSPS) is 23.6. The standard InChI is InChI=1S/C14H17N/c1-3-14(13-7-5-4-6-8-13)15-10-9-12(2)11-15/h1,4-8,12,14H,9-11H2,2H3/t12?,14-/m1/s1. The number of rotatable bonds is 2. The molecule has 1 nitrogen and oxygen atoms in total. The van der Waals surface area contributed by atoms with Crippen molar-refractivity contribution in [2.45, 2.75) is 19.4 Å².